The van der Waals surface area contributed by atoms with E-state index in [9.17, 15) is 0 Å². The van der Waals surface area contributed by atoms with Crippen LogP contribution in [-0.2, 0) is 6.42 Å². The Bertz CT molecular complexity index is 540. The fourth-order valence-corrected chi connectivity index (χ4v) is 2.46. The van der Waals surface area contributed by atoms with E-state index >= 15 is 0 Å². The third kappa shape index (κ3) is 3.58. The van der Waals surface area contributed by atoms with E-state index in [4.69, 9.17) is 4.74 Å². The molecule has 2 aromatic rings. The van der Waals surface area contributed by atoms with E-state index in [1.807, 2.05) is 24.5 Å². The lowest BCUT2D eigenvalue weighted by atomic mass is 9.95. The summed E-state index contributed by atoms with van der Waals surface area (Å²) in [4.78, 5) is 4.19. The van der Waals surface area contributed by atoms with Gasteiger partial charge in [-0.25, -0.2) is 0 Å². The summed E-state index contributed by atoms with van der Waals surface area (Å²) in [7, 11) is 1.70. The topological polar surface area (TPSA) is 34.2 Å². The van der Waals surface area contributed by atoms with Gasteiger partial charge in [0.1, 0.15) is 5.75 Å². The van der Waals surface area contributed by atoms with Gasteiger partial charge in [-0.2, -0.15) is 0 Å². The van der Waals surface area contributed by atoms with E-state index < -0.39 is 0 Å². The number of ether oxygens (including phenoxy) is 1. The summed E-state index contributed by atoms with van der Waals surface area (Å²) in [6, 6.07) is 10.7. The Labute approximate surface area is 121 Å². The van der Waals surface area contributed by atoms with Crippen molar-refractivity contribution in [1.29, 1.82) is 0 Å². The molecule has 1 atom stereocenters. The minimum absolute atomic E-state index is 0.301. The summed E-state index contributed by atoms with van der Waals surface area (Å²) in [5.41, 5.74) is 3.81. The van der Waals surface area contributed by atoms with E-state index in [2.05, 4.69) is 42.3 Å². The molecule has 0 fully saturated rings. The van der Waals surface area contributed by atoms with Crippen LogP contribution in [0.4, 0.5) is 0 Å². The molecular formula is C17H22N2O. The molecule has 2 rings (SSSR count). The molecule has 3 nitrogen and oxygen atoms in total. The first-order chi connectivity index (χ1) is 9.74. The minimum atomic E-state index is 0.301. The molecule has 1 N–H and O–H groups in total. The number of pyridine rings is 1. The molecule has 0 saturated carbocycles. The first-order valence-corrected chi connectivity index (χ1v) is 7.01. The molecular weight excluding hydrogens is 248 g/mol. The first-order valence-electron chi connectivity index (χ1n) is 7.01. The molecule has 0 spiro atoms. The minimum Gasteiger partial charge on any atom is -0.497 e. The number of aryl methyl sites for hydroxylation is 1. The SMILES string of the molecule is CCNC(Cc1cccnc1)c1ccc(OC)cc1C. The Hall–Kier alpha value is -1.87. The number of nitrogens with zero attached hydrogens (tertiary/aromatic N) is 1. The molecule has 20 heavy (non-hydrogen) atoms. The number of nitrogens with one attached hydrogen (secondary N) is 1. The van der Waals surface area contributed by atoms with Crippen molar-refractivity contribution in [2.45, 2.75) is 26.3 Å². The Balaban J connectivity index is 2.24. The van der Waals surface area contributed by atoms with Crippen molar-refractivity contribution >= 4 is 0 Å². The molecule has 0 aliphatic rings. The van der Waals surface area contributed by atoms with E-state index in [-0.39, 0.29) is 0 Å². The van der Waals surface area contributed by atoms with Gasteiger partial charge in [-0.1, -0.05) is 19.1 Å². The predicted octanol–water partition coefficient (Wildman–Crippen LogP) is 3.29. The number of benzene rings is 1. The molecule has 0 radical (unpaired) electrons. The highest BCUT2D eigenvalue weighted by Gasteiger charge is 2.14. The van der Waals surface area contributed by atoms with Gasteiger partial charge in [-0.3, -0.25) is 4.98 Å². The number of methoxy groups -OCH3 is 1. The van der Waals surface area contributed by atoms with Crippen LogP contribution in [0.25, 0.3) is 0 Å². The largest absolute Gasteiger partial charge is 0.497 e. The van der Waals surface area contributed by atoms with Crippen molar-refractivity contribution in [1.82, 2.24) is 10.3 Å². The second kappa shape index (κ2) is 7.06. The highest BCUT2D eigenvalue weighted by molar-refractivity contribution is 5.37. The summed E-state index contributed by atoms with van der Waals surface area (Å²) >= 11 is 0. The molecule has 1 aromatic carbocycles. The summed E-state index contributed by atoms with van der Waals surface area (Å²) in [6.45, 7) is 5.21. The lowest BCUT2D eigenvalue weighted by molar-refractivity contribution is 0.414. The maximum atomic E-state index is 5.28. The van der Waals surface area contributed by atoms with Crippen molar-refractivity contribution in [3.8, 4) is 5.75 Å². The molecule has 106 valence electrons. The summed E-state index contributed by atoms with van der Waals surface area (Å²) < 4.78 is 5.28. The second-order valence-corrected chi connectivity index (χ2v) is 4.90. The van der Waals surface area contributed by atoms with Crippen LogP contribution in [0.3, 0.4) is 0 Å². The highest BCUT2D eigenvalue weighted by atomic mass is 16.5. The van der Waals surface area contributed by atoms with Crippen LogP contribution in [0.15, 0.2) is 42.7 Å². The number of rotatable bonds is 6. The summed E-state index contributed by atoms with van der Waals surface area (Å²) in [6.07, 6.45) is 4.68. The van der Waals surface area contributed by atoms with Gasteiger partial charge in [-0.15, -0.1) is 0 Å². The summed E-state index contributed by atoms with van der Waals surface area (Å²) in [5.74, 6) is 0.905. The van der Waals surface area contributed by atoms with Crippen molar-refractivity contribution in [3.63, 3.8) is 0 Å². The van der Waals surface area contributed by atoms with Crippen LogP contribution in [0.5, 0.6) is 5.75 Å². The van der Waals surface area contributed by atoms with Crippen LogP contribution >= 0.6 is 0 Å². The monoisotopic (exact) mass is 270 g/mol. The molecule has 0 amide bonds. The number of aromatic nitrogens is 1. The summed E-state index contributed by atoms with van der Waals surface area (Å²) in [5, 5.41) is 3.56. The Kier molecular flexibility index (Phi) is 5.13. The second-order valence-electron chi connectivity index (χ2n) is 4.90. The van der Waals surface area contributed by atoms with E-state index in [0.29, 0.717) is 6.04 Å². The van der Waals surface area contributed by atoms with Crippen LogP contribution < -0.4 is 10.1 Å². The quantitative estimate of drug-likeness (QED) is 0.874. The highest BCUT2D eigenvalue weighted by Crippen LogP contribution is 2.25. The molecule has 1 heterocycles. The number of hydrogen-bond donors (Lipinski definition) is 1. The molecule has 0 aliphatic heterocycles. The van der Waals surface area contributed by atoms with E-state index in [0.717, 1.165) is 18.7 Å². The molecule has 1 unspecified atom stereocenters. The van der Waals surface area contributed by atoms with Crippen molar-refractivity contribution in [3.05, 3.63) is 59.4 Å². The lowest BCUT2D eigenvalue weighted by Crippen LogP contribution is -2.23. The average Bonchev–Trinajstić information content (AvgIpc) is 2.48. The third-order valence-electron chi connectivity index (χ3n) is 3.47. The van der Waals surface area contributed by atoms with Crippen molar-refractivity contribution < 1.29 is 4.74 Å². The molecule has 0 bridgehead atoms. The number of hydrogen-bond acceptors (Lipinski definition) is 3. The van der Waals surface area contributed by atoms with Gasteiger partial charge < -0.3 is 10.1 Å². The predicted molar refractivity (Wildman–Crippen MR) is 82.1 cm³/mol. The van der Waals surface area contributed by atoms with Gasteiger partial charge in [-0.05, 0) is 54.8 Å². The van der Waals surface area contributed by atoms with Crippen LogP contribution in [0.2, 0.25) is 0 Å². The zero-order valence-corrected chi connectivity index (χ0v) is 12.4. The standard InChI is InChI=1S/C17H22N2O/c1-4-19-17(11-14-6-5-9-18-12-14)16-8-7-15(20-3)10-13(16)2/h5-10,12,17,19H,4,11H2,1-3H3. The molecule has 3 heteroatoms. The zero-order chi connectivity index (χ0) is 14.4. The van der Waals surface area contributed by atoms with Crippen molar-refractivity contribution in [2.24, 2.45) is 0 Å². The Morgan fingerprint density at radius 3 is 2.75 bits per heavy atom. The normalized spacial score (nSPS) is 12.2. The first kappa shape index (κ1) is 14.5. The Morgan fingerprint density at radius 2 is 2.15 bits per heavy atom. The Morgan fingerprint density at radius 1 is 1.30 bits per heavy atom. The van der Waals surface area contributed by atoms with Gasteiger partial charge >= 0.3 is 0 Å². The van der Waals surface area contributed by atoms with Gasteiger partial charge in [0.15, 0.2) is 0 Å². The third-order valence-corrected chi connectivity index (χ3v) is 3.47. The average molecular weight is 270 g/mol. The van der Waals surface area contributed by atoms with Gasteiger partial charge in [0, 0.05) is 18.4 Å². The van der Waals surface area contributed by atoms with E-state index in [1.54, 1.807) is 7.11 Å². The fourth-order valence-electron chi connectivity index (χ4n) is 2.46. The lowest BCUT2D eigenvalue weighted by Gasteiger charge is -2.21. The smallest absolute Gasteiger partial charge is 0.119 e. The maximum Gasteiger partial charge on any atom is 0.119 e. The van der Waals surface area contributed by atoms with Gasteiger partial charge in [0.25, 0.3) is 0 Å². The van der Waals surface area contributed by atoms with Gasteiger partial charge in [0.05, 0.1) is 7.11 Å². The van der Waals surface area contributed by atoms with Gasteiger partial charge in [0.2, 0.25) is 0 Å². The van der Waals surface area contributed by atoms with Crippen LogP contribution in [-0.4, -0.2) is 18.6 Å². The number of likely N-dealkylation sites (N-methyl/N-ethyl adjacent to an activating group) is 1. The van der Waals surface area contributed by atoms with E-state index in [1.165, 1.54) is 16.7 Å². The fraction of sp³-hybridized carbons (Fsp3) is 0.353. The maximum absolute atomic E-state index is 5.28. The zero-order valence-electron chi connectivity index (χ0n) is 12.4. The molecule has 0 saturated heterocycles. The molecule has 1 aromatic heterocycles. The van der Waals surface area contributed by atoms with Crippen LogP contribution in [0, 0.1) is 6.92 Å². The molecule has 0 aliphatic carbocycles. The van der Waals surface area contributed by atoms with Crippen LogP contribution in [0.1, 0.15) is 29.7 Å². The van der Waals surface area contributed by atoms with Crippen molar-refractivity contribution in [2.75, 3.05) is 13.7 Å².